The molecule has 1 atom stereocenters. The summed E-state index contributed by atoms with van der Waals surface area (Å²) in [5.41, 5.74) is 0. The molecule has 0 saturated heterocycles. The Morgan fingerprint density at radius 3 is 1.29 bits per heavy atom. The molecule has 0 N–H and O–H groups in total. The third kappa shape index (κ3) is 22.5. The van der Waals surface area contributed by atoms with Gasteiger partial charge in [-0.1, -0.05) is 12.6 Å². The van der Waals surface area contributed by atoms with Crippen LogP contribution in [0.1, 0.15) is 59.3 Å². The molecule has 0 radical (unpaired) electrons. The zero-order valence-corrected chi connectivity index (χ0v) is 15.3. The molecule has 0 fully saturated rings. The SMILES string of the molecule is CCC[CH2][Mn]([CH2]CCC)[CH2]CCC.N#CS.P. The van der Waals surface area contributed by atoms with Crippen LogP contribution in [-0.4, -0.2) is 0 Å². The third-order valence-corrected chi connectivity index (χ3v) is 6.02. The van der Waals surface area contributed by atoms with Gasteiger partial charge >= 0.3 is 89.2 Å². The van der Waals surface area contributed by atoms with E-state index in [-0.39, 0.29) is 23.8 Å². The molecule has 1 unspecified atom stereocenters. The number of thiol groups is 1. The van der Waals surface area contributed by atoms with E-state index < -0.39 is 0 Å². The minimum atomic E-state index is 0. The largest absolute Gasteiger partial charge is 0.185 e. The van der Waals surface area contributed by atoms with E-state index in [2.05, 4.69) is 33.4 Å². The number of unbranched alkanes of at least 4 members (excludes halogenated alkanes) is 3. The first kappa shape index (κ1) is 22.9. The van der Waals surface area contributed by atoms with Gasteiger partial charge in [-0.15, -0.1) is 0 Å². The normalized spacial score (nSPS) is 9.47. The van der Waals surface area contributed by atoms with Crippen molar-refractivity contribution in [3.05, 3.63) is 0 Å². The van der Waals surface area contributed by atoms with Crippen molar-refractivity contribution in [3.8, 4) is 5.40 Å². The van der Waals surface area contributed by atoms with Gasteiger partial charge in [0.15, 0.2) is 0 Å². The quantitative estimate of drug-likeness (QED) is 0.250. The summed E-state index contributed by atoms with van der Waals surface area (Å²) in [6, 6.07) is 0. The second-order valence-electron chi connectivity index (χ2n) is 3.79. The van der Waals surface area contributed by atoms with Gasteiger partial charge in [-0.2, -0.15) is 15.2 Å². The van der Waals surface area contributed by atoms with Crippen LogP contribution >= 0.6 is 22.5 Å². The number of nitrogens with zero attached hydrogens (tertiary/aromatic N) is 1. The van der Waals surface area contributed by atoms with Crippen LogP contribution in [0.5, 0.6) is 0 Å². The third-order valence-electron chi connectivity index (χ3n) is 2.26. The molecule has 0 spiro atoms. The minimum absolute atomic E-state index is 0. The summed E-state index contributed by atoms with van der Waals surface area (Å²) in [6.07, 6.45) is 8.65. The van der Waals surface area contributed by atoms with E-state index in [1.807, 2.05) is 0 Å². The second-order valence-corrected chi connectivity index (χ2v) is 7.54. The van der Waals surface area contributed by atoms with Crippen molar-refractivity contribution in [2.45, 2.75) is 75.3 Å². The zero-order chi connectivity index (χ0) is 12.6. The van der Waals surface area contributed by atoms with Gasteiger partial charge in [0.2, 0.25) is 0 Å². The Labute approximate surface area is 122 Å². The van der Waals surface area contributed by atoms with Crippen molar-refractivity contribution in [2.75, 3.05) is 0 Å². The van der Waals surface area contributed by atoms with Gasteiger partial charge < -0.3 is 0 Å². The summed E-state index contributed by atoms with van der Waals surface area (Å²) in [5, 5.41) is 13.4. The summed E-state index contributed by atoms with van der Waals surface area (Å²) in [5.74, 6) is 0. The average molecular weight is 319 g/mol. The Hall–Kier alpha value is 0.789. The van der Waals surface area contributed by atoms with Gasteiger partial charge in [0, 0.05) is 0 Å². The molecule has 0 amide bonds. The van der Waals surface area contributed by atoms with E-state index in [0.717, 1.165) is 0 Å². The first-order valence-corrected chi connectivity index (χ1v) is 9.32. The first-order chi connectivity index (χ1) is 7.76. The van der Waals surface area contributed by atoms with Gasteiger partial charge in [0.05, 0.1) is 0 Å². The molecule has 0 saturated carbocycles. The van der Waals surface area contributed by atoms with E-state index in [9.17, 15) is 0 Å². The fourth-order valence-electron chi connectivity index (χ4n) is 1.25. The summed E-state index contributed by atoms with van der Waals surface area (Å²) in [4.78, 5) is 0. The molecule has 0 heterocycles. The molecule has 0 aromatic rings. The maximum Gasteiger partial charge on any atom is 0.130 e. The molecule has 4 heteroatoms. The van der Waals surface area contributed by atoms with E-state index in [1.165, 1.54) is 43.9 Å². The number of rotatable bonds is 9. The Balaban J connectivity index is -0.000000440. The van der Waals surface area contributed by atoms with Crippen molar-refractivity contribution >= 4 is 22.5 Å². The average Bonchev–Trinajstić information content (AvgIpc) is 2.29. The maximum absolute atomic E-state index is 7.18. The van der Waals surface area contributed by atoms with Gasteiger partial charge in [-0.25, -0.2) is 0 Å². The Kier molecular flexibility index (Phi) is 29.7. The fourth-order valence-corrected chi connectivity index (χ4v) is 5.16. The van der Waals surface area contributed by atoms with Crippen LogP contribution in [0.4, 0.5) is 0 Å². The van der Waals surface area contributed by atoms with Crippen LogP contribution in [0, 0.1) is 10.7 Å². The molecular formula is C13H31MnNPS. The fraction of sp³-hybridized carbons (Fsp3) is 0.923. The monoisotopic (exact) mass is 319 g/mol. The minimum Gasteiger partial charge on any atom is -0.185 e. The van der Waals surface area contributed by atoms with Crippen LogP contribution in [0.3, 0.4) is 0 Å². The van der Waals surface area contributed by atoms with Crippen molar-refractivity contribution in [2.24, 2.45) is 0 Å². The van der Waals surface area contributed by atoms with Crippen molar-refractivity contribution in [1.29, 1.82) is 5.26 Å². The number of hydrogen-bond acceptors (Lipinski definition) is 2. The molecular weight excluding hydrogens is 288 g/mol. The molecule has 0 rings (SSSR count). The molecule has 0 aliphatic carbocycles. The van der Waals surface area contributed by atoms with Crippen LogP contribution in [0.25, 0.3) is 0 Å². The summed E-state index contributed by atoms with van der Waals surface area (Å²) in [6.45, 7) is 6.96. The number of thiocyanates is 1. The summed E-state index contributed by atoms with van der Waals surface area (Å²) in [7, 11) is 0. The smallest absolute Gasteiger partial charge is 0.130 e. The van der Waals surface area contributed by atoms with Crippen molar-refractivity contribution in [1.82, 2.24) is 0 Å². The molecule has 0 aliphatic rings. The Bertz CT molecular complexity index is 143. The zero-order valence-electron chi connectivity index (χ0n) is 11.8. The maximum atomic E-state index is 7.18. The Morgan fingerprint density at radius 2 is 1.12 bits per heavy atom. The van der Waals surface area contributed by atoms with Gasteiger partial charge in [0.25, 0.3) is 0 Å². The van der Waals surface area contributed by atoms with Gasteiger partial charge in [0.1, 0.15) is 5.40 Å². The number of nitriles is 1. The number of hydrogen-bond donors (Lipinski definition) is 1. The second kappa shape index (κ2) is 22.0. The van der Waals surface area contributed by atoms with Crippen LogP contribution in [0.15, 0.2) is 0 Å². The van der Waals surface area contributed by atoms with E-state index in [4.69, 9.17) is 5.26 Å². The molecule has 0 aliphatic heterocycles. The summed E-state index contributed by atoms with van der Waals surface area (Å²) < 4.78 is 0. The van der Waals surface area contributed by atoms with Gasteiger partial charge in [-0.3, -0.25) is 0 Å². The molecule has 1 nitrogen and oxygen atoms in total. The topological polar surface area (TPSA) is 23.8 Å². The first-order valence-electron chi connectivity index (χ1n) is 6.37. The van der Waals surface area contributed by atoms with E-state index in [1.54, 1.807) is 16.0 Å². The van der Waals surface area contributed by atoms with Crippen LogP contribution < -0.4 is 0 Å². The van der Waals surface area contributed by atoms with Crippen LogP contribution in [-0.2, 0) is 13.9 Å². The van der Waals surface area contributed by atoms with Crippen molar-refractivity contribution < 1.29 is 13.9 Å². The molecule has 0 bridgehead atoms. The van der Waals surface area contributed by atoms with Crippen molar-refractivity contribution in [3.63, 3.8) is 0 Å². The molecule has 17 heavy (non-hydrogen) atoms. The molecule has 0 aromatic heterocycles. The standard InChI is InChI=1S/3C4H9.CHNS.Mn.H3P/c3*1-3-4-2;2-1-3;;/h3*1,3-4H2,2H3;3H;;1H3. The van der Waals surface area contributed by atoms with Gasteiger partial charge in [-0.05, 0) is 0 Å². The molecule has 0 aromatic carbocycles. The predicted octanol–water partition coefficient (Wildman–Crippen LogP) is 5.72. The predicted molar refractivity (Wildman–Crippen MR) is 84.8 cm³/mol. The molecule has 106 valence electrons. The van der Waals surface area contributed by atoms with Crippen LogP contribution in [0.2, 0.25) is 16.0 Å². The van der Waals surface area contributed by atoms with E-state index >= 15 is 0 Å². The Morgan fingerprint density at radius 1 is 0.882 bits per heavy atom. The van der Waals surface area contributed by atoms with E-state index in [0.29, 0.717) is 0 Å². The summed E-state index contributed by atoms with van der Waals surface area (Å²) >= 11 is 3.14.